The third-order valence-corrected chi connectivity index (χ3v) is 1.99. The molecule has 0 aromatic carbocycles. The average molecular weight is 239 g/mol. The standard InChI is InChI=1S/C10H22N2O2.ClH/c1-4-5-8-14-9-10(13)12(3)7-6-11-2;/h11H,4-9H2,1-3H3;1H. The Labute approximate surface area is 98.8 Å². The maximum absolute atomic E-state index is 11.4. The summed E-state index contributed by atoms with van der Waals surface area (Å²) in [6.45, 7) is 4.54. The molecule has 0 fully saturated rings. The minimum atomic E-state index is 0. The van der Waals surface area contributed by atoms with Gasteiger partial charge >= 0.3 is 0 Å². The number of rotatable bonds is 8. The molecule has 0 saturated heterocycles. The number of amides is 1. The molecule has 5 heteroatoms. The first-order valence-electron chi connectivity index (χ1n) is 5.18. The number of carbonyl (C=O) groups is 1. The summed E-state index contributed by atoms with van der Waals surface area (Å²) in [7, 11) is 3.67. The van der Waals surface area contributed by atoms with Crippen molar-refractivity contribution >= 4 is 18.3 Å². The van der Waals surface area contributed by atoms with Crippen molar-refractivity contribution in [1.29, 1.82) is 0 Å². The van der Waals surface area contributed by atoms with Crippen molar-refractivity contribution in [2.24, 2.45) is 0 Å². The van der Waals surface area contributed by atoms with Gasteiger partial charge < -0.3 is 15.0 Å². The first kappa shape index (κ1) is 17.1. The minimum Gasteiger partial charge on any atom is -0.372 e. The van der Waals surface area contributed by atoms with Crippen LogP contribution < -0.4 is 5.32 Å². The zero-order chi connectivity index (χ0) is 10.8. The second kappa shape index (κ2) is 11.8. The Hall–Kier alpha value is -0.320. The molecule has 92 valence electrons. The van der Waals surface area contributed by atoms with Crippen molar-refractivity contribution in [3.8, 4) is 0 Å². The number of likely N-dealkylation sites (N-methyl/N-ethyl adjacent to an activating group) is 2. The Bertz CT molecular complexity index is 156. The van der Waals surface area contributed by atoms with E-state index in [1.165, 1.54) is 0 Å². The first-order valence-corrected chi connectivity index (χ1v) is 5.18. The molecule has 0 rings (SSSR count). The summed E-state index contributed by atoms with van der Waals surface area (Å²) in [5.74, 6) is 0.0522. The van der Waals surface area contributed by atoms with E-state index in [4.69, 9.17) is 4.74 Å². The molecule has 0 atom stereocenters. The Balaban J connectivity index is 0. The largest absolute Gasteiger partial charge is 0.372 e. The van der Waals surface area contributed by atoms with Crippen LogP contribution in [0.15, 0.2) is 0 Å². The summed E-state index contributed by atoms with van der Waals surface area (Å²) in [6.07, 6.45) is 2.12. The summed E-state index contributed by atoms with van der Waals surface area (Å²) >= 11 is 0. The van der Waals surface area contributed by atoms with Gasteiger partial charge in [-0.05, 0) is 13.5 Å². The molecular weight excluding hydrogens is 216 g/mol. The van der Waals surface area contributed by atoms with Crippen LogP contribution in [0.2, 0.25) is 0 Å². The van der Waals surface area contributed by atoms with Crippen molar-refractivity contribution in [3.05, 3.63) is 0 Å². The van der Waals surface area contributed by atoms with Gasteiger partial charge in [0.05, 0.1) is 0 Å². The molecule has 0 aromatic rings. The number of halogens is 1. The molecule has 0 aliphatic rings. The van der Waals surface area contributed by atoms with Crippen LogP contribution in [0, 0.1) is 0 Å². The van der Waals surface area contributed by atoms with Crippen LogP contribution in [-0.2, 0) is 9.53 Å². The number of hydrogen-bond acceptors (Lipinski definition) is 3. The van der Waals surface area contributed by atoms with E-state index in [-0.39, 0.29) is 24.9 Å². The van der Waals surface area contributed by atoms with E-state index in [0.29, 0.717) is 6.61 Å². The zero-order valence-electron chi connectivity index (χ0n) is 9.91. The smallest absolute Gasteiger partial charge is 0.248 e. The Kier molecular flexibility index (Phi) is 13.4. The third kappa shape index (κ3) is 9.97. The van der Waals surface area contributed by atoms with Crippen molar-refractivity contribution in [1.82, 2.24) is 10.2 Å². The molecule has 0 spiro atoms. The predicted octanol–water partition coefficient (Wildman–Crippen LogP) is 0.903. The van der Waals surface area contributed by atoms with Crippen molar-refractivity contribution < 1.29 is 9.53 Å². The first-order chi connectivity index (χ1) is 6.72. The van der Waals surface area contributed by atoms with Crippen molar-refractivity contribution in [3.63, 3.8) is 0 Å². The number of nitrogens with one attached hydrogen (secondary N) is 1. The third-order valence-electron chi connectivity index (χ3n) is 1.99. The highest BCUT2D eigenvalue weighted by atomic mass is 35.5. The second-order valence-corrected chi connectivity index (χ2v) is 3.32. The monoisotopic (exact) mass is 238 g/mol. The van der Waals surface area contributed by atoms with E-state index in [1.807, 2.05) is 7.05 Å². The highest BCUT2D eigenvalue weighted by Crippen LogP contribution is 1.90. The van der Waals surface area contributed by atoms with Gasteiger partial charge in [-0.25, -0.2) is 0 Å². The van der Waals surface area contributed by atoms with Crippen molar-refractivity contribution in [2.75, 3.05) is 40.4 Å². The lowest BCUT2D eigenvalue weighted by molar-refractivity contribution is -0.134. The molecule has 0 unspecified atom stereocenters. The SMILES string of the molecule is CCCCOCC(=O)N(C)CCNC.Cl. The van der Waals surface area contributed by atoms with Gasteiger partial charge in [0.2, 0.25) is 5.91 Å². The van der Waals surface area contributed by atoms with Crippen LogP contribution in [0.5, 0.6) is 0 Å². The molecule has 0 saturated carbocycles. The molecule has 1 N–H and O–H groups in total. The van der Waals surface area contributed by atoms with Gasteiger partial charge in [-0.1, -0.05) is 13.3 Å². The van der Waals surface area contributed by atoms with Gasteiger partial charge in [-0.3, -0.25) is 4.79 Å². The Morgan fingerprint density at radius 1 is 1.47 bits per heavy atom. The number of unbranched alkanes of at least 4 members (excludes halogenated alkanes) is 1. The molecule has 15 heavy (non-hydrogen) atoms. The van der Waals surface area contributed by atoms with Crippen LogP contribution in [0.1, 0.15) is 19.8 Å². The fourth-order valence-corrected chi connectivity index (χ4v) is 0.920. The van der Waals surface area contributed by atoms with Crippen LogP contribution >= 0.6 is 12.4 Å². The zero-order valence-corrected chi connectivity index (χ0v) is 10.7. The maximum atomic E-state index is 11.4. The topological polar surface area (TPSA) is 41.6 Å². The Morgan fingerprint density at radius 2 is 2.13 bits per heavy atom. The maximum Gasteiger partial charge on any atom is 0.248 e. The molecular formula is C10H23ClN2O2. The second-order valence-electron chi connectivity index (χ2n) is 3.32. The van der Waals surface area contributed by atoms with Crippen LogP contribution in [-0.4, -0.2) is 51.2 Å². The lowest BCUT2D eigenvalue weighted by atomic mass is 10.4. The molecule has 0 heterocycles. The fourth-order valence-electron chi connectivity index (χ4n) is 0.920. The van der Waals surface area contributed by atoms with Gasteiger partial charge in [0, 0.05) is 26.7 Å². The summed E-state index contributed by atoms with van der Waals surface area (Å²) < 4.78 is 5.23. The van der Waals surface area contributed by atoms with Crippen LogP contribution in [0.3, 0.4) is 0 Å². The molecule has 0 radical (unpaired) electrons. The molecule has 0 aliphatic heterocycles. The van der Waals surface area contributed by atoms with Gasteiger partial charge in [-0.15, -0.1) is 12.4 Å². The predicted molar refractivity (Wildman–Crippen MR) is 64.5 cm³/mol. The quantitative estimate of drug-likeness (QED) is 0.639. The summed E-state index contributed by atoms with van der Waals surface area (Å²) in [6, 6.07) is 0. The normalized spacial score (nSPS) is 9.53. The highest BCUT2D eigenvalue weighted by Gasteiger charge is 2.06. The summed E-state index contributed by atoms with van der Waals surface area (Å²) in [4.78, 5) is 13.1. The van der Waals surface area contributed by atoms with Gasteiger partial charge in [0.1, 0.15) is 6.61 Å². The number of hydrogen-bond donors (Lipinski definition) is 1. The molecule has 0 aromatic heterocycles. The van der Waals surface area contributed by atoms with Crippen LogP contribution in [0.25, 0.3) is 0 Å². The molecule has 0 bridgehead atoms. The van der Waals surface area contributed by atoms with Gasteiger partial charge in [0.15, 0.2) is 0 Å². The van der Waals surface area contributed by atoms with Gasteiger partial charge in [-0.2, -0.15) is 0 Å². The lowest BCUT2D eigenvalue weighted by Crippen LogP contribution is -2.35. The lowest BCUT2D eigenvalue weighted by Gasteiger charge is -2.16. The fraction of sp³-hybridized carbons (Fsp3) is 0.900. The van der Waals surface area contributed by atoms with E-state index in [9.17, 15) is 4.79 Å². The van der Waals surface area contributed by atoms with E-state index >= 15 is 0 Å². The number of nitrogens with zero attached hydrogens (tertiary/aromatic N) is 1. The van der Waals surface area contributed by atoms with Gasteiger partial charge in [0.25, 0.3) is 0 Å². The molecule has 1 amide bonds. The van der Waals surface area contributed by atoms with Crippen molar-refractivity contribution in [2.45, 2.75) is 19.8 Å². The molecule has 0 aliphatic carbocycles. The van der Waals surface area contributed by atoms with E-state index in [0.717, 1.165) is 25.9 Å². The summed E-state index contributed by atoms with van der Waals surface area (Å²) in [5, 5.41) is 3.00. The summed E-state index contributed by atoms with van der Waals surface area (Å²) in [5.41, 5.74) is 0. The Morgan fingerprint density at radius 3 is 2.67 bits per heavy atom. The van der Waals surface area contributed by atoms with E-state index < -0.39 is 0 Å². The van der Waals surface area contributed by atoms with E-state index in [1.54, 1.807) is 11.9 Å². The van der Waals surface area contributed by atoms with Crippen LogP contribution in [0.4, 0.5) is 0 Å². The number of carbonyl (C=O) groups excluding carboxylic acids is 1. The average Bonchev–Trinajstić information content (AvgIpc) is 2.20. The minimum absolute atomic E-state index is 0. The highest BCUT2D eigenvalue weighted by molar-refractivity contribution is 5.85. The molecule has 4 nitrogen and oxygen atoms in total. The number of ether oxygens (including phenoxy) is 1. The van der Waals surface area contributed by atoms with E-state index in [2.05, 4.69) is 12.2 Å².